The van der Waals surface area contributed by atoms with Gasteiger partial charge in [0.1, 0.15) is 5.82 Å². The van der Waals surface area contributed by atoms with Crippen LogP contribution in [0.25, 0.3) is 0 Å². The second-order valence-electron chi connectivity index (χ2n) is 4.17. The molecule has 0 bridgehead atoms. The van der Waals surface area contributed by atoms with Crippen molar-refractivity contribution in [3.05, 3.63) is 5.82 Å². The first-order chi connectivity index (χ1) is 6.65. The van der Waals surface area contributed by atoms with Gasteiger partial charge in [0.2, 0.25) is 5.95 Å². The van der Waals surface area contributed by atoms with Gasteiger partial charge in [-0.05, 0) is 21.0 Å². The van der Waals surface area contributed by atoms with E-state index in [4.69, 9.17) is 0 Å². The molecule has 78 valence electrons. The standard InChI is InChI=1S/C9H17N5/c1-7-11-9-10-4-8(5-13(2)3)6-14(9)12-7/h8H,4-6H2,1-3H3,(H,10,11,12). The van der Waals surface area contributed by atoms with Gasteiger partial charge in [-0.25, -0.2) is 4.68 Å². The Bertz CT molecular complexity index is 317. The predicted octanol–water partition coefficient (Wildman–Crippen LogP) is 0.190. The SMILES string of the molecule is Cc1nc2n(n1)CC(CN(C)C)CN2. The maximum atomic E-state index is 4.33. The molecular formula is C9H17N5. The summed E-state index contributed by atoms with van der Waals surface area (Å²) in [5.74, 6) is 2.38. The van der Waals surface area contributed by atoms with E-state index in [9.17, 15) is 0 Å². The highest BCUT2D eigenvalue weighted by molar-refractivity contribution is 5.27. The zero-order chi connectivity index (χ0) is 10.1. The Hall–Kier alpha value is -1.10. The molecule has 1 N–H and O–H groups in total. The van der Waals surface area contributed by atoms with Gasteiger partial charge in [0.25, 0.3) is 0 Å². The van der Waals surface area contributed by atoms with E-state index in [1.165, 1.54) is 0 Å². The van der Waals surface area contributed by atoms with Crippen molar-refractivity contribution in [3.63, 3.8) is 0 Å². The number of hydrogen-bond donors (Lipinski definition) is 1. The van der Waals surface area contributed by atoms with E-state index in [-0.39, 0.29) is 0 Å². The van der Waals surface area contributed by atoms with Crippen LogP contribution in [0.2, 0.25) is 0 Å². The van der Waals surface area contributed by atoms with E-state index in [2.05, 4.69) is 34.4 Å². The van der Waals surface area contributed by atoms with E-state index in [1.54, 1.807) is 0 Å². The monoisotopic (exact) mass is 195 g/mol. The maximum absolute atomic E-state index is 4.33. The molecule has 0 fully saturated rings. The van der Waals surface area contributed by atoms with Crippen LogP contribution >= 0.6 is 0 Å². The lowest BCUT2D eigenvalue weighted by Gasteiger charge is -2.26. The van der Waals surface area contributed by atoms with Crippen molar-refractivity contribution in [2.75, 3.05) is 32.5 Å². The topological polar surface area (TPSA) is 46.0 Å². The Labute approximate surface area is 84.1 Å². The number of rotatable bonds is 2. The summed E-state index contributed by atoms with van der Waals surface area (Å²) < 4.78 is 1.97. The molecule has 0 radical (unpaired) electrons. The average Bonchev–Trinajstić information content (AvgIpc) is 2.42. The molecule has 5 heteroatoms. The number of aromatic nitrogens is 3. The third-order valence-electron chi connectivity index (χ3n) is 2.38. The van der Waals surface area contributed by atoms with Gasteiger partial charge in [0, 0.05) is 19.0 Å². The third-order valence-corrected chi connectivity index (χ3v) is 2.38. The molecule has 1 aromatic heterocycles. The number of nitrogens with one attached hydrogen (secondary N) is 1. The van der Waals surface area contributed by atoms with Crippen molar-refractivity contribution in [1.29, 1.82) is 0 Å². The van der Waals surface area contributed by atoms with Crippen LogP contribution in [0.1, 0.15) is 5.82 Å². The molecule has 5 nitrogen and oxygen atoms in total. The van der Waals surface area contributed by atoms with Gasteiger partial charge < -0.3 is 10.2 Å². The second kappa shape index (κ2) is 3.57. The van der Waals surface area contributed by atoms with Crippen LogP contribution in [0.15, 0.2) is 0 Å². The third kappa shape index (κ3) is 1.87. The fourth-order valence-electron chi connectivity index (χ4n) is 1.90. The van der Waals surface area contributed by atoms with Crippen molar-refractivity contribution in [2.45, 2.75) is 13.5 Å². The number of fused-ring (bicyclic) bond motifs is 1. The summed E-state index contributed by atoms with van der Waals surface area (Å²) in [6.45, 7) is 4.98. The first kappa shape index (κ1) is 9.45. The van der Waals surface area contributed by atoms with Gasteiger partial charge in [-0.2, -0.15) is 10.1 Å². The van der Waals surface area contributed by atoms with Gasteiger partial charge in [-0.3, -0.25) is 0 Å². The quantitative estimate of drug-likeness (QED) is 0.731. The molecule has 0 saturated carbocycles. The molecule has 0 aromatic carbocycles. The van der Waals surface area contributed by atoms with Gasteiger partial charge in [-0.1, -0.05) is 0 Å². The normalized spacial score (nSPS) is 20.7. The van der Waals surface area contributed by atoms with Crippen LogP contribution in [0.3, 0.4) is 0 Å². The highest BCUT2D eigenvalue weighted by atomic mass is 15.4. The number of hydrogen-bond acceptors (Lipinski definition) is 4. The van der Waals surface area contributed by atoms with Crippen LogP contribution in [0, 0.1) is 12.8 Å². The minimum atomic E-state index is 0.624. The van der Waals surface area contributed by atoms with Gasteiger partial charge in [-0.15, -0.1) is 0 Å². The number of aryl methyl sites for hydroxylation is 1. The van der Waals surface area contributed by atoms with Crippen LogP contribution in [-0.4, -0.2) is 46.8 Å². The summed E-state index contributed by atoms with van der Waals surface area (Å²) in [5.41, 5.74) is 0. The van der Waals surface area contributed by atoms with E-state index >= 15 is 0 Å². The zero-order valence-corrected chi connectivity index (χ0v) is 8.99. The fraction of sp³-hybridized carbons (Fsp3) is 0.778. The predicted molar refractivity (Wildman–Crippen MR) is 55.3 cm³/mol. The first-order valence-electron chi connectivity index (χ1n) is 4.95. The molecule has 2 heterocycles. The van der Waals surface area contributed by atoms with Gasteiger partial charge >= 0.3 is 0 Å². The van der Waals surface area contributed by atoms with Crippen LogP contribution in [-0.2, 0) is 6.54 Å². The summed E-state index contributed by atoms with van der Waals surface area (Å²) in [6.07, 6.45) is 0. The average molecular weight is 195 g/mol. The number of anilines is 1. The molecule has 0 amide bonds. The highest BCUT2D eigenvalue weighted by Crippen LogP contribution is 2.15. The van der Waals surface area contributed by atoms with Crippen LogP contribution in [0.5, 0.6) is 0 Å². The highest BCUT2D eigenvalue weighted by Gasteiger charge is 2.20. The Kier molecular flexibility index (Phi) is 2.41. The molecular weight excluding hydrogens is 178 g/mol. The summed E-state index contributed by atoms with van der Waals surface area (Å²) in [6, 6.07) is 0. The van der Waals surface area contributed by atoms with Gasteiger partial charge in [0.05, 0.1) is 6.54 Å². The maximum Gasteiger partial charge on any atom is 0.221 e. The Balaban J connectivity index is 2.05. The number of nitrogens with zero attached hydrogens (tertiary/aromatic N) is 4. The van der Waals surface area contributed by atoms with E-state index in [0.717, 1.165) is 31.4 Å². The van der Waals surface area contributed by atoms with Crippen LogP contribution in [0.4, 0.5) is 5.95 Å². The van der Waals surface area contributed by atoms with Crippen LogP contribution < -0.4 is 5.32 Å². The lowest BCUT2D eigenvalue weighted by molar-refractivity contribution is 0.292. The smallest absolute Gasteiger partial charge is 0.221 e. The van der Waals surface area contributed by atoms with Crippen molar-refractivity contribution < 1.29 is 0 Å². The Morgan fingerprint density at radius 3 is 3.07 bits per heavy atom. The zero-order valence-electron chi connectivity index (χ0n) is 8.99. The molecule has 1 aromatic rings. The molecule has 1 atom stereocenters. The molecule has 2 rings (SSSR count). The molecule has 0 spiro atoms. The molecule has 1 aliphatic rings. The minimum Gasteiger partial charge on any atom is -0.354 e. The van der Waals surface area contributed by atoms with E-state index < -0.39 is 0 Å². The van der Waals surface area contributed by atoms with E-state index in [1.807, 2.05) is 11.6 Å². The molecule has 1 unspecified atom stereocenters. The largest absolute Gasteiger partial charge is 0.354 e. The summed E-state index contributed by atoms with van der Waals surface area (Å²) in [4.78, 5) is 6.50. The molecule has 0 saturated heterocycles. The Morgan fingerprint density at radius 2 is 2.36 bits per heavy atom. The van der Waals surface area contributed by atoms with Crippen molar-refractivity contribution >= 4 is 5.95 Å². The molecule has 1 aliphatic heterocycles. The van der Waals surface area contributed by atoms with Gasteiger partial charge in [0.15, 0.2) is 0 Å². The minimum absolute atomic E-state index is 0.624. The lowest BCUT2D eigenvalue weighted by Crippen LogP contribution is -2.35. The van der Waals surface area contributed by atoms with Crippen molar-refractivity contribution in [1.82, 2.24) is 19.7 Å². The molecule has 14 heavy (non-hydrogen) atoms. The lowest BCUT2D eigenvalue weighted by atomic mass is 10.1. The van der Waals surface area contributed by atoms with Crippen molar-refractivity contribution in [3.8, 4) is 0 Å². The summed E-state index contributed by atoms with van der Waals surface area (Å²) in [5, 5.41) is 7.63. The fourth-order valence-corrected chi connectivity index (χ4v) is 1.90. The second-order valence-corrected chi connectivity index (χ2v) is 4.17. The van der Waals surface area contributed by atoms with E-state index in [0.29, 0.717) is 5.92 Å². The Morgan fingerprint density at radius 1 is 1.57 bits per heavy atom. The first-order valence-corrected chi connectivity index (χ1v) is 4.95. The van der Waals surface area contributed by atoms with Crippen molar-refractivity contribution in [2.24, 2.45) is 5.92 Å². The molecule has 0 aliphatic carbocycles. The summed E-state index contributed by atoms with van der Waals surface area (Å²) >= 11 is 0. The summed E-state index contributed by atoms with van der Waals surface area (Å²) in [7, 11) is 4.20.